The van der Waals surface area contributed by atoms with Crippen LogP contribution in [-0.4, -0.2) is 43.7 Å². The van der Waals surface area contributed by atoms with Gasteiger partial charge in [0, 0.05) is 26.7 Å². The topological polar surface area (TPSA) is 55.6 Å². The van der Waals surface area contributed by atoms with Crippen LogP contribution in [0.4, 0.5) is 0 Å². The lowest BCUT2D eigenvalue weighted by atomic mass is 9.93. The van der Waals surface area contributed by atoms with Crippen LogP contribution in [0, 0.1) is 11.8 Å². The summed E-state index contributed by atoms with van der Waals surface area (Å²) < 4.78 is 5.32. The molecule has 0 aromatic heterocycles. The van der Waals surface area contributed by atoms with Crippen LogP contribution >= 0.6 is 0 Å². The van der Waals surface area contributed by atoms with Crippen molar-refractivity contribution >= 4 is 5.91 Å². The maximum Gasteiger partial charge on any atom is 0.227 e. The van der Waals surface area contributed by atoms with E-state index in [1.807, 2.05) is 18.7 Å². The van der Waals surface area contributed by atoms with E-state index in [0.717, 1.165) is 25.9 Å². The standard InChI is InChI=1S/C12H24N2O2/c1-9(2)11(7-13)12(15)14-6-4-5-10(8-14)16-3/h9-11H,4-8,13H2,1-3H3. The van der Waals surface area contributed by atoms with E-state index in [-0.39, 0.29) is 17.9 Å². The molecule has 1 saturated heterocycles. The van der Waals surface area contributed by atoms with Crippen LogP contribution in [-0.2, 0) is 9.53 Å². The highest BCUT2D eigenvalue weighted by atomic mass is 16.5. The zero-order chi connectivity index (χ0) is 12.1. The molecule has 2 atom stereocenters. The number of piperidine rings is 1. The Morgan fingerprint density at radius 3 is 2.75 bits per heavy atom. The van der Waals surface area contributed by atoms with E-state index in [9.17, 15) is 4.79 Å². The number of hydrogen-bond acceptors (Lipinski definition) is 3. The second-order valence-corrected chi connectivity index (χ2v) is 4.87. The zero-order valence-electron chi connectivity index (χ0n) is 10.6. The average Bonchev–Trinajstić information content (AvgIpc) is 2.29. The van der Waals surface area contributed by atoms with Gasteiger partial charge in [0.15, 0.2) is 0 Å². The number of nitrogens with zero attached hydrogens (tertiary/aromatic N) is 1. The minimum Gasteiger partial charge on any atom is -0.380 e. The molecule has 0 spiro atoms. The molecule has 94 valence electrons. The number of rotatable bonds is 4. The molecule has 0 radical (unpaired) electrons. The quantitative estimate of drug-likeness (QED) is 0.776. The number of hydrogen-bond donors (Lipinski definition) is 1. The molecule has 1 rings (SSSR count). The number of amides is 1. The molecule has 2 N–H and O–H groups in total. The van der Waals surface area contributed by atoms with Crippen LogP contribution < -0.4 is 5.73 Å². The predicted octanol–water partition coefficient (Wildman–Crippen LogP) is 0.855. The number of carbonyl (C=O) groups excluding carboxylic acids is 1. The SMILES string of the molecule is COC1CCCN(C(=O)C(CN)C(C)C)C1. The maximum atomic E-state index is 12.2. The summed E-state index contributed by atoms with van der Waals surface area (Å²) in [5, 5.41) is 0. The van der Waals surface area contributed by atoms with E-state index < -0.39 is 0 Å². The largest absolute Gasteiger partial charge is 0.380 e. The molecule has 16 heavy (non-hydrogen) atoms. The molecule has 4 heteroatoms. The molecule has 0 saturated carbocycles. The van der Waals surface area contributed by atoms with Crippen molar-refractivity contribution < 1.29 is 9.53 Å². The minimum absolute atomic E-state index is 0.0457. The van der Waals surface area contributed by atoms with Gasteiger partial charge in [0.1, 0.15) is 0 Å². The van der Waals surface area contributed by atoms with Crippen molar-refractivity contribution in [2.75, 3.05) is 26.7 Å². The van der Waals surface area contributed by atoms with Crippen molar-refractivity contribution in [2.45, 2.75) is 32.8 Å². The highest BCUT2D eigenvalue weighted by Gasteiger charge is 2.29. The van der Waals surface area contributed by atoms with Gasteiger partial charge < -0.3 is 15.4 Å². The van der Waals surface area contributed by atoms with Gasteiger partial charge in [-0.3, -0.25) is 4.79 Å². The average molecular weight is 228 g/mol. The Bertz CT molecular complexity index is 231. The Kier molecular flexibility index (Phi) is 5.22. The summed E-state index contributed by atoms with van der Waals surface area (Å²) in [5.41, 5.74) is 5.67. The van der Waals surface area contributed by atoms with Crippen LogP contribution in [0.1, 0.15) is 26.7 Å². The maximum absolute atomic E-state index is 12.2. The molecule has 1 amide bonds. The minimum atomic E-state index is -0.0457. The van der Waals surface area contributed by atoms with Crippen molar-refractivity contribution in [2.24, 2.45) is 17.6 Å². The van der Waals surface area contributed by atoms with E-state index in [1.54, 1.807) is 7.11 Å². The summed E-state index contributed by atoms with van der Waals surface area (Å²) in [6, 6.07) is 0. The third-order valence-electron chi connectivity index (χ3n) is 3.40. The van der Waals surface area contributed by atoms with Gasteiger partial charge in [0.25, 0.3) is 0 Å². The van der Waals surface area contributed by atoms with Crippen molar-refractivity contribution in [3.63, 3.8) is 0 Å². The third-order valence-corrected chi connectivity index (χ3v) is 3.40. The smallest absolute Gasteiger partial charge is 0.227 e. The third kappa shape index (κ3) is 3.19. The summed E-state index contributed by atoms with van der Waals surface area (Å²) in [5.74, 6) is 0.454. The van der Waals surface area contributed by atoms with Gasteiger partial charge in [-0.05, 0) is 18.8 Å². The van der Waals surface area contributed by atoms with E-state index in [1.165, 1.54) is 0 Å². The van der Waals surface area contributed by atoms with Crippen molar-refractivity contribution in [1.29, 1.82) is 0 Å². The summed E-state index contributed by atoms with van der Waals surface area (Å²) in [4.78, 5) is 14.1. The number of nitrogens with two attached hydrogens (primary N) is 1. The Morgan fingerprint density at radius 2 is 2.25 bits per heavy atom. The number of ether oxygens (including phenoxy) is 1. The van der Waals surface area contributed by atoms with Crippen molar-refractivity contribution in [3.05, 3.63) is 0 Å². The fourth-order valence-corrected chi connectivity index (χ4v) is 2.22. The molecule has 1 heterocycles. The van der Waals surface area contributed by atoms with Gasteiger partial charge in [-0.15, -0.1) is 0 Å². The van der Waals surface area contributed by atoms with E-state index in [4.69, 9.17) is 10.5 Å². The highest BCUT2D eigenvalue weighted by Crippen LogP contribution is 2.18. The van der Waals surface area contributed by atoms with Crippen molar-refractivity contribution in [3.8, 4) is 0 Å². The van der Waals surface area contributed by atoms with Crippen LogP contribution in [0.3, 0.4) is 0 Å². The van der Waals surface area contributed by atoms with Crippen LogP contribution in [0.2, 0.25) is 0 Å². The lowest BCUT2D eigenvalue weighted by Gasteiger charge is -2.35. The highest BCUT2D eigenvalue weighted by molar-refractivity contribution is 5.79. The van der Waals surface area contributed by atoms with Crippen LogP contribution in [0.25, 0.3) is 0 Å². The molecule has 1 aliphatic rings. The van der Waals surface area contributed by atoms with E-state index >= 15 is 0 Å². The molecular weight excluding hydrogens is 204 g/mol. The first-order chi connectivity index (χ1) is 7.60. The molecular formula is C12H24N2O2. The Hall–Kier alpha value is -0.610. The molecule has 1 aliphatic heterocycles. The van der Waals surface area contributed by atoms with Gasteiger partial charge in [-0.2, -0.15) is 0 Å². The predicted molar refractivity (Wildman–Crippen MR) is 64.0 cm³/mol. The number of likely N-dealkylation sites (tertiary alicyclic amines) is 1. The molecule has 0 bridgehead atoms. The monoisotopic (exact) mass is 228 g/mol. The van der Waals surface area contributed by atoms with E-state index in [0.29, 0.717) is 12.5 Å². The second-order valence-electron chi connectivity index (χ2n) is 4.87. The van der Waals surface area contributed by atoms with Gasteiger partial charge >= 0.3 is 0 Å². The second kappa shape index (κ2) is 6.21. The van der Waals surface area contributed by atoms with Gasteiger partial charge in [0.2, 0.25) is 5.91 Å². The van der Waals surface area contributed by atoms with Crippen molar-refractivity contribution in [1.82, 2.24) is 4.90 Å². The first kappa shape index (κ1) is 13.5. The normalized spacial score (nSPS) is 23.6. The lowest BCUT2D eigenvalue weighted by Crippen LogP contribution is -2.48. The Balaban J connectivity index is 2.58. The van der Waals surface area contributed by atoms with Crippen LogP contribution in [0.5, 0.6) is 0 Å². The molecule has 0 aromatic carbocycles. The molecule has 4 nitrogen and oxygen atoms in total. The number of carbonyl (C=O) groups is 1. The molecule has 2 unspecified atom stereocenters. The summed E-state index contributed by atoms with van der Waals surface area (Å²) >= 11 is 0. The fourth-order valence-electron chi connectivity index (χ4n) is 2.22. The van der Waals surface area contributed by atoms with Gasteiger partial charge in [-0.25, -0.2) is 0 Å². The van der Waals surface area contributed by atoms with Gasteiger partial charge in [-0.1, -0.05) is 13.8 Å². The Labute approximate surface area is 98.1 Å². The molecule has 0 aliphatic carbocycles. The van der Waals surface area contributed by atoms with Gasteiger partial charge in [0.05, 0.1) is 12.0 Å². The first-order valence-electron chi connectivity index (χ1n) is 6.11. The lowest BCUT2D eigenvalue weighted by molar-refractivity contribution is -0.140. The Morgan fingerprint density at radius 1 is 1.56 bits per heavy atom. The van der Waals surface area contributed by atoms with Crippen LogP contribution in [0.15, 0.2) is 0 Å². The summed E-state index contributed by atoms with van der Waals surface area (Å²) in [6.07, 6.45) is 2.28. The summed E-state index contributed by atoms with van der Waals surface area (Å²) in [7, 11) is 1.71. The number of methoxy groups -OCH3 is 1. The van der Waals surface area contributed by atoms with E-state index in [2.05, 4.69) is 0 Å². The zero-order valence-corrected chi connectivity index (χ0v) is 10.6. The summed E-state index contributed by atoms with van der Waals surface area (Å²) in [6.45, 7) is 6.10. The first-order valence-corrected chi connectivity index (χ1v) is 6.11. The molecule has 0 aromatic rings. The molecule has 1 fully saturated rings. The fraction of sp³-hybridized carbons (Fsp3) is 0.917.